The molecule has 1 aliphatic rings. The molecule has 2 rings (SSSR count). The fraction of sp³-hybridized carbons (Fsp3) is 0.333. The molecule has 176 valence electrons. The minimum Gasteiger partial charge on any atom is -0.481 e. The van der Waals surface area contributed by atoms with Crippen LogP contribution in [0.15, 0.2) is 46.8 Å². The fourth-order valence-electron chi connectivity index (χ4n) is 4.19. The highest BCUT2D eigenvalue weighted by molar-refractivity contribution is 5.84. The number of para-hydroxylation sites is 1. The third-order valence-electron chi connectivity index (χ3n) is 5.41. The first-order valence-corrected chi connectivity index (χ1v) is 9.67. The lowest BCUT2D eigenvalue weighted by atomic mass is 9.70. The zero-order valence-corrected chi connectivity index (χ0v) is 17.6. The van der Waals surface area contributed by atoms with Crippen molar-refractivity contribution in [2.24, 2.45) is 11.8 Å². The van der Waals surface area contributed by atoms with Gasteiger partial charge in [-0.1, -0.05) is 18.2 Å². The number of carboxylic acids is 4. The molecule has 1 heterocycles. The van der Waals surface area contributed by atoms with Crippen LogP contribution in [0.1, 0.15) is 38.2 Å². The molecule has 0 amide bonds. The zero-order valence-electron chi connectivity index (χ0n) is 17.6. The number of dihydropyridines is 1. The molecule has 2 unspecified atom stereocenters. The van der Waals surface area contributed by atoms with E-state index in [9.17, 15) is 49.7 Å². The summed E-state index contributed by atoms with van der Waals surface area (Å²) in [7, 11) is 0. The molecule has 0 aromatic heterocycles. The van der Waals surface area contributed by atoms with Crippen molar-refractivity contribution in [1.82, 2.24) is 5.32 Å². The number of allylic oxidation sites excluding steroid dienone is 2. The van der Waals surface area contributed by atoms with Gasteiger partial charge in [0.15, 0.2) is 0 Å². The highest BCUT2D eigenvalue weighted by Gasteiger charge is 2.44. The quantitative estimate of drug-likeness (QED) is 0.252. The van der Waals surface area contributed by atoms with Crippen LogP contribution in [0.4, 0.5) is 5.69 Å². The monoisotopic (exact) mass is 462 g/mol. The molecule has 0 fully saturated rings. The van der Waals surface area contributed by atoms with Crippen LogP contribution in [0.2, 0.25) is 0 Å². The number of hydrogen-bond acceptors (Lipinski definition) is 7. The molecule has 12 heteroatoms. The maximum atomic E-state index is 12.1. The second-order valence-electron chi connectivity index (χ2n) is 7.51. The lowest BCUT2D eigenvalue weighted by Gasteiger charge is -2.36. The van der Waals surface area contributed by atoms with Crippen molar-refractivity contribution in [3.05, 3.63) is 62.5 Å². The molecule has 0 bridgehead atoms. The Bertz CT molecular complexity index is 1030. The Balaban J connectivity index is 2.93. The second kappa shape index (κ2) is 9.94. The van der Waals surface area contributed by atoms with Gasteiger partial charge >= 0.3 is 23.9 Å². The summed E-state index contributed by atoms with van der Waals surface area (Å²) in [5, 5.41) is 52.7. The average Bonchev–Trinajstić information content (AvgIpc) is 2.70. The Labute approximate surface area is 187 Å². The molecule has 0 spiro atoms. The number of nitro benzene ring substituents is 1. The topological polar surface area (TPSA) is 204 Å². The number of carboxylic acid groups (broad SMARTS) is 4. The average molecular weight is 462 g/mol. The van der Waals surface area contributed by atoms with Crippen LogP contribution in [0, 0.1) is 22.0 Å². The summed E-state index contributed by atoms with van der Waals surface area (Å²) in [5.74, 6) is -10.6. The molecule has 1 aromatic carbocycles. The summed E-state index contributed by atoms with van der Waals surface area (Å²) in [6.07, 6.45) is -1.74. The van der Waals surface area contributed by atoms with Gasteiger partial charge in [0.2, 0.25) is 0 Å². The molecule has 33 heavy (non-hydrogen) atoms. The van der Waals surface area contributed by atoms with E-state index in [2.05, 4.69) is 5.32 Å². The number of aliphatic carboxylic acids is 4. The van der Waals surface area contributed by atoms with Crippen LogP contribution < -0.4 is 5.32 Å². The lowest BCUT2D eigenvalue weighted by Crippen LogP contribution is -2.36. The summed E-state index contributed by atoms with van der Waals surface area (Å²) in [6.45, 7) is 2.89. The van der Waals surface area contributed by atoms with Crippen LogP contribution in [0.25, 0.3) is 0 Å². The van der Waals surface area contributed by atoms with Crippen molar-refractivity contribution in [3.63, 3.8) is 0 Å². The van der Waals surface area contributed by atoms with Gasteiger partial charge in [0, 0.05) is 28.9 Å². The van der Waals surface area contributed by atoms with Crippen molar-refractivity contribution in [2.75, 3.05) is 0 Å². The number of hydrogen-bond donors (Lipinski definition) is 5. The Morgan fingerprint density at radius 1 is 0.909 bits per heavy atom. The molecule has 5 N–H and O–H groups in total. The van der Waals surface area contributed by atoms with E-state index in [0.717, 1.165) is 6.07 Å². The van der Waals surface area contributed by atoms with Crippen LogP contribution in [0.5, 0.6) is 0 Å². The SMILES string of the molecule is CC1=C(C(CC(=O)O)C(=O)O)C(c2ccccc2[N+](=O)[O-])C(C(CC(=O)O)C(=O)O)=C(C)N1. The van der Waals surface area contributed by atoms with Crippen LogP contribution in [-0.2, 0) is 19.2 Å². The van der Waals surface area contributed by atoms with E-state index >= 15 is 0 Å². The number of nitrogens with zero attached hydrogens (tertiary/aromatic N) is 1. The summed E-state index contributed by atoms with van der Waals surface area (Å²) in [6, 6.07) is 5.27. The Morgan fingerprint density at radius 3 is 1.70 bits per heavy atom. The standard InChI is InChI=1S/C21H22N2O10/c1-9-17(12(20(28)29)7-15(24)25)19(11-5-3-4-6-14(11)23(32)33)18(10(2)22-9)13(21(30)31)8-16(26)27/h3-6,12-13,19,22H,7-8H2,1-2H3,(H,24,25)(H,26,27)(H,28,29)(H,30,31). The Hall–Kier alpha value is -4.22. The van der Waals surface area contributed by atoms with Gasteiger partial charge in [-0.2, -0.15) is 0 Å². The molecule has 12 nitrogen and oxygen atoms in total. The van der Waals surface area contributed by atoms with Crippen LogP contribution in [-0.4, -0.2) is 49.2 Å². The van der Waals surface area contributed by atoms with Crippen LogP contribution in [0.3, 0.4) is 0 Å². The fourth-order valence-corrected chi connectivity index (χ4v) is 4.19. The van der Waals surface area contributed by atoms with Crippen molar-refractivity contribution in [3.8, 4) is 0 Å². The van der Waals surface area contributed by atoms with E-state index in [1.165, 1.54) is 32.0 Å². The van der Waals surface area contributed by atoms with E-state index < -0.39 is 65.1 Å². The smallest absolute Gasteiger partial charge is 0.311 e. The summed E-state index contributed by atoms with van der Waals surface area (Å²) < 4.78 is 0. The first-order valence-electron chi connectivity index (χ1n) is 9.67. The summed E-state index contributed by atoms with van der Waals surface area (Å²) in [4.78, 5) is 58.0. The van der Waals surface area contributed by atoms with Gasteiger partial charge in [-0.15, -0.1) is 0 Å². The van der Waals surface area contributed by atoms with Crippen molar-refractivity contribution < 1.29 is 44.5 Å². The maximum absolute atomic E-state index is 12.1. The Morgan fingerprint density at radius 2 is 1.33 bits per heavy atom. The summed E-state index contributed by atoms with van der Waals surface area (Å²) in [5.41, 5.74) is -0.312. The van der Waals surface area contributed by atoms with Crippen molar-refractivity contribution in [1.29, 1.82) is 0 Å². The van der Waals surface area contributed by atoms with Gasteiger partial charge in [-0.05, 0) is 25.0 Å². The first-order chi connectivity index (χ1) is 15.4. The van der Waals surface area contributed by atoms with Gasteiger partial charge in [-0.3, -0.25) is 29.3 Å². The molecular weight excluding hydrogens is 440 g/mol. The summed E-state index contributed by atoms with van der Waals surface area (Å²) >= 11 is 0. The van der Waals surface area contributed by atoms with E-state index in [-0.39, 0.29) is 28.1 Å². The number of nitro groups is 1. The van der Waals surface area contributed by atoms with E-state index in [0.29, 0.717) is 0 Å². The van der Waals surface area contributed by atoms with Gasteiger partial charge in [0.05, 0.1) is 29.6 Å². The number of rotatable bonds is 10. The van der Waals surface area contributed by atoms with Crippen molar-refractivity contribution in [2.45, 2.75) is 32.6 Å². The number of benzene rings is 1. The lowest BCUT2D eigenvalue weighted by molar-refractivity contribution is -0.385. The van der Waals surface area contributed by atoms with E-state index in [4.69, 9.17) is 0 Å². The van der Waals surface area contributed by atoms with E-state index in [1.54, 1.807) is 0 Å². The third kappa shape index (κ3) is 5.34. The maximum Gasteiger partial charge on any atom is 0.311 e. The molecule has 0 saturated heterocycles. The number of carbonyl (C=O) groups is 4. The minimum atomic E-state index is -1.66. The van der Waals surface area contributed by atoms with E-state index in [1.807, 2.05) is 0 Å². The van der Waals surface area contributed by atoms with Gasteiger partial charge in [0.1, 0.15) is 0 Å². The van der Waals surface area contributed by atoms with Crippen LogP contribution >= 0.6 is 0 Å². The number of nitrogens with one attached hydrogen (secondary N) is 1. The predicted molar refractivity (Wildman–Crippen MR) is 111 cm³/mol. The largest absolute Gasteiger partial charge is 0.481 e. The second-order valence-corrected chi connectivity index (χ2v) is 7.51. The highest BCUT2D eigenvalue weighted by atomic mass is 16.6. The van der Waals surface area contributed by atoms with Crippen molar-refractivity contribution >= 4 is 29.6 Å². The normalized spacial score (nSPS) is 17.7. The predicted octanol–water partition coefficient (Wildman–Crippen LogP) is 2.18. The zero-order chi connectivity index (χ0) is 25.0. The third-order valence-corrected chi connectivity index (χ3v) is 5.41. The molecule has 0 radical (unpaired) electrons. The Kier molecular flexibility index (Phi) is 7.54. The molecule has 0 saturated carbocycles. The highest BCUT2D eigenvalue weighted by Crippen LogP contribution is 2.48. The molecule has 2 atom stereocenters. The molecular formula is C21H22N2O10. The molecule has 1 aliphatic heterocycles. The molecule has 0 aliphatic carbocycles. The minimum absolute atomic E-state index is 0.0685. The van der Waals surface area contributed by atoms with Gasteiger partial charge < -0.3 is 25.7 Å². The molecule has 1 aromatic rings. The first kappa shape index (κ1) is 25.0. The van der Waals surface area contributed by atoms with Gasteiger partial charge in [0.25, 0.3) is 5.69 Å². The van der Waals surface area contributed by atoms with Gasteiger partial charge in [-0.25, -0.2) is 0 Å².